The van der Waals surface area contributed by atoms with Crippen LogP contribution < -0.4 is 0 Å². The predicted octanol–water partition coefficient (Wildman–Crippen LogP) is 1.29. The molecule has 1 N–H and O–H groups in total. The highest BCUT2D eigenvalue weighted by molar-refractivity contribution is 5.20. The fourth-order valence-electron chi connectivity index (χ4n) is 2.27. The second-order valence-electron chi connectivity index (χ2n) is 5.42. The van der Waals surface area contributed by atoms with Crippen LogP contribution >= 0.6 is 0 Å². The fourth-order valence-corrected chi connectivity index (χ4v) is 2.27. The van der Waals surface area contributed by atoms with Gasteiger partial charge in [-0.15, -0.1) is 0 Å². The summed E-state index contributed by atoms with van der Waals surface area (Å²) in [6.07, 6.45) is -2.50. The first-order chi connectivity index (χ1) is 9.73. The Labute approximate surface area is 120 Å². The number of β-amino-alcohol motifs (C(OH)–C–C–N with tert-alkyl or cyclic N) is 1. The van der Waals surface area contributed by atoms with Gasteiger partial charge in [0.2, 0.25) is 0 Å². The minimum Gasteiger partial charge on any atom is -0.380 e. The van der Waals surface area contributed by atoms with E-state index in [-0.39, 0.29) is 0 Å². The molecular weight excluding hydrogens is 287 g/mol. The number of nitrogens with zero attached hydrogens (tertiary/aromatic N) is 3. The first-order valence-corrected chi connectivity index (χ1v) is 6.57. The first kappa shape index (κ1) is 16.1. The summed E-state index contributed by atoms with van der Waals surface area (Å²) in [5.41, 5.74) is -1.10. The lowest BCUT2D eigenvalue weighted by Crippen LogP contribution is -2.52. The molecule has 118 valence electrons. The molecular formula is C13H18F3N3O2. The molecule has 1 aromatic heterocycles. The summed E-state index contributed by atoms with van der Waals surface area (Å²) in [5.74, 6) is 0.562. The van der Waals surface area contributed by atoms with E-state index in [4.69, 9.17) is 4.74 Å². The molecule has 0 saturated carbocycles. The topological polar surface area (TPSA) is 58.5 Å². The van der Waals surface area contributed by atoms with Crippen molar-refractivity contribution in [2.75, 3.05) is 20.2 Å². The van der Waals surface area contributed by atoms with E-state index < -0.39 is 18.3 Å². The number of alkyl halides is 3. The van der Waals surface area contributed by atoms with Crippen molar-refractivity contribution in [2.24, 2.45) is 0 Å². The predicted molar refractivity (Wildman–Crippen MR) is 68.4 cm³/mol. The average Bonchev–Trinajstić information content (AvgIpc) is 2.37. The number of hydrogen-bond acceptors (Lipinski definition) is 5. The molecule has 1 aliphatic rings. The molecule has 0 fully saturated rings. The molecule has 1 aromatic rings. The molecule has 0 saturated heterocycles. The van der Waals surface area contributed by atoms with Crippen molar-refractivity contribution in [2.45, 2.75) is 38.3 Å². The van der Waals surface area contributed by atoms with Crippen molar-refractivity contribution in [3.05, 3.63) is 23.3 Å². The van der Waals surface area contributed by atoms with Crippen molar-refractivity contribution in [1.82, 2.24) is 14.9 Å². The Balaban J connectivity index is 2.06. The lowest BCUT2D eigenvalue weighted by atomic mass is 10.0. The van der Waals surface area contributed by atoms with Crippen LogP contribution in [0.15, 0.2) is 6.20 Å². The van der Waals surface area contributed by atoms with Crippen molar-refractivity contribution >= 4 is 0 Å². The van der Waals surface area contributed by atoms with Crippen molar-refractivity contribution in [3.8, 4) is 0 Å². The van der Waals surface area contributed by atoms with E-state index in [2.05, 4.69) is 9.97 Å². The number of methoxy groups -OCH3 is 1. The molecule has 0 amide bonds. The van der Waals surface area contributed by atoms with Crippen LogP contribution in [-0.4, -0.2) is 52.0 Å². The minimum atomic E-state index is -4.65. The molecule has 8 heteroatoms. The van der Waals surface area contributed by atoms with E-state index in [0.717, 1.165) is 18.2 Å². The van der Waals surface area contributed by atoms with Crippen LogP contribution in [0.1, 0.15) is 24.0 Å². The van der Waals surface area contributed by atoms with Crippen LogP contribution in [0.25, 0.3) is 0 Å². The third kappa shape index (κ3) is 3.69. The highest BCUT2D eigenvalue weighted by Gasteiger charge is 2.50. The molecule has 2 heterocycles. The lowest BCUT2D eigenvalue weighted by Gasteiger charge is -2.35. The van der Waals surface area contributed by atoms with Crippen molar-refractivity contribution in [3.63, 3.8) is 0 Å². The Morgan fingerprint density at radius 1 is 1.43 bits per heavy atom. The molecule has 0 bridgehead atoms. The standard InChI is InChI=1S/C13H18F3N3O2/c1-12(20,13(14,15)16)8-19-4-3-10-9(6-19)5-17-11(18-10)7-21-2/h5,20H,3-4,6-8H2,1-2H3. The zero-order valence-corrected chi connectivity index (χ0v) is 11.9. The van der Waals surface area contributed by atoms with E-state index in [0.29, 0.717) is 31.9 Å². The smallest absolute Gasteiger partial charge is 0.380 e. The molecule has 0 aromatic carbocycles. The Hall–Kier alpha value is -1.25. The number of halogens is 3. The number of hydrogen-bond donors (Lipinski definition) is 1. The number of rotatable bonds is 4. The van der Waals surface area contributed by atoms with E-state index in [1.807, 2.05) is 0 Å². The highest BCUT2D eigenvalue weighted by Crippen LogP contribution is 2.31. The summed E-state index contributed by atoms with van der Waals surface area (Å²) in [5, 5.41) is 9.55. The van der Waals surface area contributed by atoms with Gasteiger partial charge in [0.25, 0.3) is 0 Å². The normalized spacial score (nSPS) is 19.1. The van der Waals surface area contributed by atoms with Gasteiger partial charge in [0.15, 0.2) is 11.4 Å². The molecule has 21 heavy (non-hydrogen) atoms. The SMILES string of the molecule is COCc1ncc2c(n1)CCN(CC(C)(O)C(F)(F)F)C2. The second-order valence-corrected chi connectivity index (χ2v) is 5.42. The number of fused-ring (bicyclic) bond motifs is 1. The maximum atomic E-state index is 12.7. The molecule has 2 rings (SSSR count). The third-order valence-corrected chi connectivity index (χ3v) is 3.48. The Morgan fingerprint density at radius 2 is 2.14 bits per heavy atom. The third-order valence-electron chi connectivity index (χ3n) is 3.48. The van der Waals surface area contributed by atoms with Gasteiger partial charge < -0.3 is 9.84 Å². The maximum Gasteiger partial charge on any atom is 0.418 e. The van der Waals surface area contributed by atoms with Crippen LogP contribution in [0, 0.1) is 0 Å². The van der Waals surface area contributed by atoms with Crippen LogP contribution in [0.5, 0.6) is 0 Å². The quantitative estimate of drug-likeness (QED) is 0.908. The highest BCUT2D eigenvalue weighted by atomic mass is 19.4. The monoisotopic (exact) mass is 305 g/mol. The van der Waals surface area contributed by atoms with E-state index in [1.54, 1.807) is 18.2 Å². The fraction of sp³-hybridized carbons (Fsp3) is 0.692. The molecule has 1 atom stereocenters. The summed E-state index contributed by atoms with van der Waals surface area (Å²) < 4.78 is 43.1. The Kier molecular flexibility index (Phi) is 4.50. The summed E-state index contributed by atoms with van der Waals surface area (Å²) in [4.78, 5) is 10.0. The van der Waals surface area contributed by atoms with Crippen LogP contribution in [-0.2, 0) is 24.3 Å². The zero-order chi connectivity index (χ0) is 15.7. The molecule has 5 nitrogen and oxygen atoms in total. The number of ether oxygens (including phenoxy) is 1. The number of aliphatic hydroxyl groups is 1. The van der Waals surface area contributed by atoms with Crippen LogP contribution in [0.3, 0.4) is 0 Å². The van der Waals surface area contributed by atoms with Gasteiger partial charge in [0.05, 0.1) is 0 Å². The Morgan fingerprint density at radius 3 is 2.76 bits per heavy atom. The first-order valence-electron chi connectivity index (χ1n) is 6.57. The van der Waals surface area contributed by atoms with Gasteiger partial charge in [0.1, 0.15) is 6.61 Å². The second kappa shape index (κ2) is 5.86. The number of aromatic nitrogens is 2. The van der Waals surface area contributed by atoms with Gasteiger partial charge >= 0.3 is 6.18 Å². The molecule has 1 unspecified atom stereocenters. The minimum absolute atomic E-state index is 0.300. The summed E-state index contributed by atoms with van der Waals surface area (Å²) in [7, 11) is 1.55. The summed E-state index contributed by atoms with van der Waals surface area (Å²) >= 11 is 0. The molecule has 1 aliphatic heterocycles. The summed E-state index contributed by atoms with van der Waals surface area (Å²) in [6.45, 7) is 1.35. The van der Waals surface area contributed by atoms with Crippen molar-refractivity contribution < 1.29 is 23.0 Å². The van der Waals surface area contributed by atoms with E-state index in [9.17, 15) is 18.3 Å². The van der Waals surface area contributed by atoms with Gasteiger partial charge in [-0.1, -0.05) is 0 Å². The Bertz CT molecular complexity index is 506. The lowest BCUT2D eigenvalue weighted by molar-refractivity contribution is -0.258. The van der Waals surface area contributed by atoms with Gasteiger partial charge in [-0.25, -0.2) is 9.97 Å². The zero-order valence-electron chi connectivity index (χ0n) is 11.9. The maximum absolute atomic E-state index is 12.7. The van der Waals surface area contributed by atoms with Crippen molar-refractivity contribution in [1.29, 1.82) is 0 Å². The molecule has 0 radical (unpaired) electrons. The van der Waals surface area contributed by atoms with Crippen LogP contribution in [0.2, 0.25) is 0 Å². The van der Waals surface area contributed by atoms with Gasteiger partial charge in [-0.3, -0.25) is 4.90 Å². The van der Waals surface area contributed by atoms with Gasteiger partial charge in [-0.05, 0) is 6.92 Å². The van der Waals surface area contributed by atoms with E-state index >= 15 is 0 Å². The molecule has 0 aliphatic carbocycles. The van der Waals surface area contributed by atoms with E-state index in [1.165, 1.54) is 0 Å². The van der Waals surface area contributed by atoms with Gasteiger partial charge in [-0.2, -0.15) is 13.2 Å². The van der Waals surface area contributed by atoms with Crippen LogP contribution in [0.4, 0.5) is 13.2 Å². The van der Waals surface area contributed by atoms with Gasteiger partial charge in [0, 0.05) is 50.6 Å². The molecule has 0 spiro atoms. The largest absolute Gasteiger partial charge is 0.418 e. The average molecular weight is 305 g/mol. The summed E-state index contributed by atoms with van der Waals surface area (Å²) in [6, 6.07) is 0.